The summed E-state index contributed by atoms with van der Waals surface area (Å²) in [7, 11) is 0. The van der Waals surface area contributed by atoms with Gasteiger partial charge in [-0.3, -0.25) is 4.90 Å². The molecule has 2 nitrogen and oxygen atoms in total. The lowest BCUT2D eigenvalue weighted by molar-refractivity contribution is 0.260. The Hall–Kier alpha value is -0.450. The van der Waals surface area contributed by atoms with Gasteiger partial charge in [0.05, 0.1) is 6.04 Å². The van der Waals surface area contributed by atoms with E-state index >= 15 is 0 Å². The fourth-order valence-corrected chi connectivity index (χ4v) is 2.99. The largest absolute Gasteiger partial charge is 0.326 e. The van der Waals surface area contributed by atoms with E-state index in [9.17, 15) is 4.39 Å². The van der Waals surface area contributed by atoms with Crippen LogP contribution in [0.2, 0.25) is 0 Å². The minimum Gasteiger partial charge on any atom is -0.326 e. The van der Waals surface area contributed by atoms with Gasteiger partial charge >= 0.3 is 0 Å². The van der Waals surface area contributed by atoms with Crippen molar-refractivity contribution < 1.29 is 4.39 Å². The van der Waals surface area contributed by atoms with Gasteiger partial charge in [0.25, 0.3) is 0 Å². The molecular formula is C12H16BrFN2. The summed E-state index contributed by atoms with van der Waals surface area (Å²) in [6.45, 7) is 4.12. The quantitative estimate of drug-likeness (QED) is 0.906. The summed E-state index contributed by atoms with van der Waals surface area (Å²) in [6.07, 6.45) is 1.00. The third kappa shape index (κ3) is 2.14. The predicted octanol–water partition coefficient (Wildman–Crippen LogP) is 2.68. The third-order valence-corrected chi connectivity index (χ3v) is 3.92. The SMILES string of the molecule is CCN1CCC(N)C1c1ccc(F)cc1Br. The van der Waals surface area contributed by atoms with Gasteiger partial charge in [0.2, 0.25) is 0 Å². The van der Waals surface area contributed by atoms with Crippen molar-refractivity contribution >= 4 is 15.9 Å². The molecule has 0 aromatic heterocycles. The van der Waals surface area contributed by atoms with Crippen molar-refractivity contribution in [2.75, 3.05) is 13.1 Å². The first kappa shape index (κ1) is 12.0. The molecule has 1 aliphatic heterocycles. The molecule has 0 bridgehead atoms. The van der Waals surface area contributed by atoms with Crippen molar-refractivity contribution in [3.8, 4) is 0 Å². The molecule has 2 N–H and O–H groups in total. The molecule has 2 atom stereocenters. The van der Waals surface area contributed by atoms with E-state index in [4.69, 9.17) is 5.73 Å². The van der Waals surface area contributed by atoms with Crippen molar-refractivity contribution in [1.29, 1.82) is 0 Å². The van der Waals surface area contributed by atoms with Gasteiger partial charge in [-0.2, -0.15) is 0 Å². The van der Waals surface area contributed by atoms with E-state index in [1.807, 2.05) is 6.07 Å². The minimum atomic E-state index is -0.217. The second-order valence-corrected chi connectivity index (χ2v) is 5.05. The number of likely N-dealkylation sites (N-methyl/N-ethyl adjacent to an activating group) is 1. The molecule has 1 aromatic carbocycles. The number of hydrogen-bond donors (Lipinski definition) is 1. The number of hydrogen-bond acceptors (Lipinski definition) is 2. The molecule has 1 aliphatic rings. The average Bonchev–Trinajstić information content (AvgIpc) is 2.60. The molecule has 0 amide bonds. The standard InChI is InChI=1S/C12H16BrFN2/c1-2-16-6-5-11(15)12(16)9-4-3-8(14)7-10(9)13/h3-4,7,11-12H,2,5-6,15H2,1H3. The molecule has 1 aromatic rings. The van der Waals surface area contributed by atoms with Crippen LogP contribution in [0.5, 0.6) is 0 Å². The molecular weight excluding hydrogens is 271 g/mol. The summed E-state index contributed by atoms with van der Waals surface area (Å²) in [4.78, 5) is 2.34. The van der Waals surface area contributed by atoms with Gasteiger partial charge in [-0.15, -0.1) is 0 Å². The van der Waals surface area contributed by atoms with E-state index in [2.05, 4.69) is 27.8 Å². The summed E-state index contributed by atoms with van der Waals surface area (Å²) in [5.74, 6) is -0.217. The fourth-order valence-electron chi connectivity index (χ4n) is 2.41. The molecule has 16 heavy (non-hydrogen) atoms. The molecule has 88 valence electrons. The third-order valence-electron chi connectivity index (χ3n) is 3.24. The summed E-state index contributed by atoms with van der Waals surface area (Å²) < 4.78 is 13.8. The van der Waals surface area contributed by atoms with E-state index in [0.717, 1.165) is 29.5 Å². The van der Waals surface area contributed by atoms with Crippen molar-refractivity contribution in [3.63, 3.8) is 0 Å². The Kier molecular flexibility index (Phi) is 3.62. The highest BCUT2D eigenvalue weighted by atomic mass is 79.9. The Morgan fingerprint density at radius 2 is 2.31 bits per heavy atom. The molecule has 1 fully saturated rings. The van der Waals surface area contributed by atoms with E-state index in [1.54, 1.807) is 0 Å². The number of likely N-dealkylation sites (tertiary alicyclic amines) is 1. The van der Waals surface area contributed by atoms with E-state index < -0.39 is 0 Å². The van der Waals surface area contributed by atoms with Crippen LogP contribution < -0.4 is 5.73 Å². The van der Waals surface area contributed by atoms with Crippen LogP contribution >= 0.6 is 15.9 Å². The van der Waals surface area contributed by atoms with Crippen LogP contribution in [0.15, 0.2) is 22.7 Å². The number of rotatable bonds is 2. The Morgan fingerprint density at radius 1 is 1.56 bits per heavy atom. The maximum Gasteiger partial charge on any atom is 0.124 e. The molecule has 0 saturated carbocycles. The van der Waals surface area contributed by atoms with Gasteiger partial charge in [0.1, 0.15) is 5.82 Å². The van der Waals surface area contributed by atoms with Crippen molar-refractivity contribution in [2.45, 2.75) is 25.4 Å². The Balaban J connectivity index is 2.34. The van der Waals surface area contributed by atoms with Crippen molar-refractivity contribution in [2.24, 2.45) is 5.73 Å². The molecule has 0 aliphatic carbocycles. The fraction of sp³-hybridized carbons (Fsp3) is 0.500. The van der Waals surface area contributed by atoms with Gasteiger partial charge in [-0.05, 0) is 30.7 Å². The lowest BCUT2D eigenvalue weighted by Gasteiger charge is -2.26. The normalized spacial score (nSPS) is 26.2. The molecule has 2 unspecified atom stereocenters. The Labute approximate surface area is 104 Å². The highest BCUT2D eigenvalue weighted by Gasteiger charge is 2.32. The molecule has 1 saturated heterocycles. The number of nitrogens with zero attached hydrogens (tertiary/aromatic N) is 1. The maximum atomic E-state index is 13.0. The Morgan fingerprint density at radius 3 is 2.94 bits per heavy atom. The molecule has 0 spiro atoms. The summed E-state index contributed by atoms with van der Waals surface area (Å²) in [6, 6.07) is 5.19. The molecule has 4 heteroatoms. The first-order valence-corrected chi connectivity index (χ1v) is 6.37. The van der Waals surface area contributed by atoms with Crippen molar-refractivity contribution in [1.82, 2.24) is 4.90 Å². The van der Waals surface area contributed by atoms with Crippen LogP contribution in [-0.2, 0) is 0 Å². The van der Waals surface area contributed by atoms with Gasteiger partial charge < -0.3 is 5.73 Å². The van der Waals surface area contributed by atoms with Crippen LogP contribution in [0.25, 0.3) is 0 Å². The molecule has 2 rings (SSSR count). The van der Waals surface area contributed by atoms with E-state index in [0.29, 0.717) is 0 Å². The highest BCUT2D eigenvalue weighted by molar-refractivity contribution is 9.10. The van der Waals surface area contributed by atoms with Gasteiger partial charge in [-0.25, -0.2) is 4.39 Å². The monoisotopic (exact) mass is 286 g/mol. The number of nitrogens with two attached hydrogens (primary N) is 1. The van der Waals surface area contributed by atoms with Crippen molar-refractivity contribution in [3.05, 3.63) is 34.1 Å². The maximum absolute atomic E-state index is 13.0. The van der Waals surface area contributed by atoms with Gasteiger partial charge in [0, 0.05) is 17.1 Å². The molecule has 0 radical (unpaired) electrons. The topological polar surface area (TPSA) is 29.3 Å². The Bertz CT molecular complexity index is 383. The lowest BCUT2D eigenvalue weighted by Crippen LogP contribution is -2.31. The van der Waals surface area contributed by atoms with Crippen LogP contribution in [0, 0.1) is 5.82 Å². The first-order chi connectivity index (χ1) is 7.63. The lowest BCUT2D eigenvalue weighted by atomic mass is 10.0. The zero-order valence-electron chi connectivity index (χ0n) is 9.29. The van der Waals surface area contributed by atoms with E-state index in [-0.39, 0.29) is 17.9 Å². The smallest absolute Gasteiger partial charge is 0.124 e. The van der Waals surface area contributed by atoms with Crippen LogP contribution in [-0.4, -0.2) is 24.0 Å². The summed E-state index contributed by atoms with van der Waals surface area (Å²) in [5, 5.41) is 0. The van der Waals surface area contributed by atoms with Crippen LogP contribution in [0.1, 0.15) is 24.9 Å². The summed E-state index contributed by atoms with van der Waals surface area (Å²) in [5.41, 5.74) is 7.22. The second-order valence-electron chi connectivity index (χ2n) is 4.19. The van der Waals surface area contributed by atoms with Gasteiger partial charge in [0.15, 0.2) is 0 Å². The zero-order valence-corrected chi connectivity index (χ0v) is 10.9. The first-order valence-electron chi connectivity index (χ1n) is 5.58. The summed E-state index contributed by atoms with van der Waals surface area (Å²) >= 11 is 3.42. The zero-order chi connectivity index (χ0) is 11.7. The number of benzene rings is 1. The second kappa shape index (κ2) is 4.82. The van der Waals surface area contributed by atoms with Gasteiger partial charge in [-0.1, -0.05) is 28.9 Å². The van der Waals surface area contributed by atoms with E-state index in [1.165, 1.54) is 12.1 Å². The minimum absolute atomic E-state index is 0.140. The molecule has 1 heterocycles. The number of halogens is 2. The van der Waals surface area contributed by atoms with Crippen LogP contribution in [0.4, 0.5) is 4.39 Å². The van der Waals surface area contributed by atoms with Crippen LogP contribution in [0.3, 0.4) is 0 Å². The average molecular weight is 287 g/mol. The predicted molar refractivity (Wildman–Crippen MR) is 66.7 cm³/mol. The highest BCUT2D eigenvalue weighted by Crippen LogP contribution is 2.35.